The number of hydrogen-bond acceptors (Lipinski definition) is 3. The number of alkyl halides is 1. The summed E-state index contributed by atoms with van der Waals surface area (Å²) < 4.78 is 0. The summed E-state index contributed by atoms with van der Waals surface area (Å²) >= 11 is 5.21. The van der Waals surface area contributed by atoms with E-state index in [9.17, 15) is 9.59 Å². The van der Waals surface area contributed by atoms with Crippen LogP contribution in [0.2, 0.25) is 0 Å². The highest BCUT2D eigenvalue weighted by atomic mass is 35.5. The van der Waals surface area contributed by atoms with Crippen molar-refractivity contribution >= 4 is 17.5 Å². The number of rotatable bonds is 3. The molecule has 0 atom stereocenters. The molecular formula is C5H7ClN4O2. The minimum Gasteiger partial charge on any atom is -0.348 e. The van der Waals surface area contributed by atoms with E-state index in [4.69, 9.17) is 11.6 Å². The number of carbonyl (C=O) groups is 1. The molecule has 0 aliphatic carbocycles. The Morgan fingerprint density at radius 3 is 2.92 bits per heavy atom. The Morgan fingerprint density at radius 2 is 2.42 bits per heavy atom. The number of halogens is 1. The number of carbonyl (C=O) groups excluding carboxylic acids is 1. The van der Waals surface area contributed by atoms with Crippen molar-refractivity contribution in [3.8, 4) is 0 Å². The number of H-pyrrole nitrogens is 2. The molecule has 6 nitrogen and oxygen atoms in total. The van der Waals surface area contributed by atoms with Crippen molar-refractivity contribution in [2.75, 3.05) is 5.88 Å². The molecule has 0 aromatic carbocycles. The maximum atomic E-state index is 10.6. The van der Waals surface area contributed by atoms with Crippen LogP contribution in [-0.4, -0.2) is 27.0 Å². The van der Waals surface area contributed by atoms with Gasteiger partial charge in [0.2, 0.25) is 5.91 Å². The summed E-state index contributed by atoms with van der Waals surface area (Å²) in [5, 5.41) is 8.17. The van der Waals surface area contributed by atoms with Crippen molar-refractivity contribution in [2.24, 2.45) is 0 Å². The molecule has 0 unspecified atom stereocenters. The molecular weight excluding hydrogens is 184 g/mol. The standard InChI is InChI=1S/C5H7ClN4O2/c6-1-4(11)7-2-3-8-5(12)10-9-3/h1-2H2,(H,7,11)(H2,8,9,10,12). The van der Waals surface area contributed by atoms with E-state index in [1.165, 1.54) is 0 Å². The SMILES string of the molecule is O=C(CCl)NCc1n[nH]c(=O)[nH]1. The molecule has 0 aliphatic rings. The van der Waals surface area contributed by atoms with Gasteiger partial charge in [0.1, 0.15) is 11.7 Å². The molecule has 12 heavy (non-hydrogen) atoms. The molecule has 0 aliphatic heterocycles. The predicted octanol–water partition coefficient (Wildman–Crippen LogP) is -1.05. The lowest BCUT2D eigenvalue weighted by Gasteiger charge is -1.96. The number of aromatic nitrogens is 3. The number of nitrogens with one attached hydrogen (secondary N) is 3. The number of hydrogen-bond donors (Lipinski definition) is 3. The van der Waals surface area contributed by atoms with Gasteiger partial charge in [-0.2, -0.15) is 5.10 Å². The second-order valence-corrected chi connectivity index (χ2v) is 2.30. The van der Waals surface area contributed by atoms with E-state index < -0.39 is 5.69 Å². The largest absolute Gasteiger partial charge is 0.348 e. The summed E-state index contributed by atoms with van der Waals surface area (Å²) in [5.41, 5.74) is -0.398. The monoisotopic (exact) mass is 190 g/mol. The quantitative estimate of drug-likeness (QED) is 0.532. The lowest BCUT2D eigenvalue weighted by molar-refractivity contribution is -0.118. The molecule has 1 aromatic rings. The van der Waals surface area contributed by atoms with E-state index >= 15 is 0 Å². The van der Waals surface area contributed by atoms with Crippen molar-refractivity contribution in [3.05, 3.63) is 16.3 Å². The van der Waals surface area contributed by atoms with Crippen LogP contribution in [0, 0.1) is 0 Å². The third kappa shape index (κ3) is 2.39. The third-order valence-corrected chi connectivity index (χ3v) is 1.37. The average molecular weight is 191 g/mol. The second-order valence-electron chi connectivity index (χ2n) is 2.03. The fourth-order valence-corrected chi connectivity index (χ4v) is 0.713. The van der Waals surface area contributed by atoms with Gasteiger partial charge in [0.05, 0.1) is 6.54 Å². The maximum absolute atomic E-state index is 10.6. The first-order valence-electron chi connectivity index (χ1n) is 3.18. The molecule has 0 bridgehead atoms. The van der Waals surface area contributed by atoms with Crippen LogP contribution in [0.3, 0.4) is 0 Å². The fraction of sp³-hybridized carbons (Fsp3) is 0.400. The highest BCUT2D eigenvalue weighted by molar-refractivity contribution is 6.27. The van der Waals surface area contributed by atoms with Gasteiger partial charge in [-0.3, -0.25) is 9.78 Å². The van der Waals surface area contributed by atoms with Gasteiger partial charge < -0.3 is 5.32 Å². The van der Waals surface area contributed by atoms with Crippen LogP contribution in [0.1, 0.15) is 5.82 Å². The lowest BCUT2D eigenvalue weighted by atomic mass is 10.5. The van der Waals surface area contributed by atoms with Gasteiger partial charge in [-0.25, -0.2) is 9.89 Å². The molecule has 66 valence electrons. The molecule has 0 saturated carbocycles. The molecule has 3 N–H and O–H groups in total. The van der Waals surface area contributed by atoms with E-state index in [1.807, 2.05) is 0 Å². The number of amides is 1. The highest BCUT2D eigenvalue weighted by Gasteiger charge is 2.00. The van der Waals surface area contributed by atoms with Crippen LogP contribution in [0.5, 0.6) is 0 Å². The van der Waals surface area contributed by atoms with Gasteiger partial charge in [-0.1, -0.05) is 0 Å². The van der Waals surface area contributed by atoms with Crippen LogP contribution in [0.25, 0.3) is 0 Å². The smallest absolute Gasteiger partial charge is 0.340 e. The second kappa shape index (κ2) is 3.91. The first-order chi connectivity index (χ1) is 5.72. The molecule has 1 aromatic heterocycles. The number of aromatic amines is 2. The zero-order valence-electron chi connectivity index (χ0n) is 6.06. The minimum atomic E-state index is -0.398. The van der Waals surface area contributed by atoms with Gasteiger partial charge in [-0.15, -0.1) is 11.6 Å². The molecule has 0 radical (unpaired) electrons. The first kappa shape index (κ1) is 8.79. The van der Waals surface area contributed by atoms with Gasteiger partial charge in [0.25, 0.3) is 0 Å². The molecule has 0 fully saturated rings. The normalized spacial score (nSPS) is 9.75. The summed E-state index contributed by atoms with van der Waals surface area (Å²) in [6.07, 6.45) is 0. The highest BCUT2D eigenvalue weighted by Crippen LogP contribution is 1.81. The van der Waals surface area contributed by atoms with Crippen LogP contribution in [-0.2, 0) is 11.3 Å². The van der Waals surface area contributed by atoms with Gasteiger partial charge in [0.15, 0.2) is 0 Å². The molecule has 0 spiro atoms. The summed E-state index contributed by atoms with van der Waals surface area (Å²) in [6.45, 7) is 0.171. The van der Waals surface area contributed by atoms with Crippen molar-refractivity contribution in [1.82, 2.24) is 20.5 Å². The van der Waals surface area contributed by atoms with Crippen LogP contribution < -0.4 is 11.0 Å². The first-order valence-corrected chi connectivity index (χ1v) is 3.72. The molecule has 1 heterocycles. The predicted molar refractivity (Wildman–Crippen MR) is 41.8 cm³/mol. The van der Waals surface area contributed by atoms with E-state index in [1.54, 1.807) is 0 Å². The van der Waals surface area contributed by atoms with Crippen molar-refractivity contribution in [2.45, 2.75) is 6.54 Å². The van der Waals surface area contributed by atoms with Crippen LogP contribution in [0.4, 0.5) is 0 Å². The molecule has 0 saturated heterocycles. The van der Waals surface area contributed by atoms with Crippen LogP contribution in [0.15, 0.2) is 4.79 Å². The Labute approximate surface area is 72.3 Å². The minimum absolute atomic E-state index is 0.103. The average Bonchev–Trinajstić information content (AvgIpc) is 2.47. The van der Waals surface area contributed by atoms with Crippen molar-refractivity contribution in [3.63, 3.8) is 0 Å². The topological polar surface area (TPSA) is 90.6 Å². The summed E-state index contributed by atoms with van der Waals surface area (Å²) in [6, 6.07) is 0. The maximum Gasteiger partial charge on any atom is 0.340 e. The Bertz CT molecular complexity index is 317. The summed E-state index contributed by atoms with van der Waals surface area (Å²) in [7, 11) is 0. The third-order valence-electron chi connectivity index (χ3n) is 1.12. The van der Waals surface area contributed by atoms with E-state index in [2.05, 4.69) is 20.5 Å². The summed E-state index contributed by atoms with van der Waals surface area (Å²) in [5.74, 6) is -0.0340. The molecule has 7 heteroatoms. The van der Waals surface area contributed by atoms with Crippen LogP contribution >= 0.6 is 11.6 Å². The van der Waals surface area contributed by atoms with E-state index in [0.29, 0.717) is 5.82 Å². The zero-order valence-corrected chi connectivity index (χ0v) is 6.81. The molecule has 1 amide bonds. The Kier molecular flexibility index (Phi) is 2.87. The number of nitrogens with zero attached hydrogens (tertiary/aromatic N) is 1. The zero-order chi connectivity index (χ0) is 8.97. The Hall–Kier alpha value is -1.30. The van der Waals surface area contributed by atoms with E-state index in [-0.39, 0.29) is 18.3 Å². The van der Waals surface area contributed by atoms with Crippen molar-refractivity contribution in [1.29, 1.82) is 0 Å². The fourth-order valence-electron chi connectivity index (χ4n) is 0.618. The Balaban J connectivity index is 2.43. The Morgan fingerprint density at radius 1 is 1.67 bits per heavy atom. The van der Waals surface area contributed by atoms with E-state index in [0.717, 1.165) is 0 Å². The molecule has 1 rings (SSSR count). The van der Waals surface area contributed by atoms with Gasteiger partial charge in [0, 0.05) is 0 Å². The van der Waals surface area contributed by atoms with Gasteiger partial charge in [-0.05, 0) is 0 Å². The van der Waals surface area contributed by atoms with Crippen molar-refractivity contribution < 1.29 is 4.79 Å². The lowest BCUT2D eigenvalue weighted by Crippen LogP contribution is -2.24. The summed E-state index contributed by atoms with van der Waals surface area (Å²) in [4.78, 5) is 23.5. The van der Waals surface area contributed by atoms with Gasteiger partial charge >= 0.3 is 5.69 Å².